The summed E-state index contributed by atoms with van der Waals surface area (Å²) in [4.78, 5) is 8.13. The van der Waals surface area contributed by atoms with E-state index in [9.17, 15) is 0 Å². The Balaban J connectivity index is 2.47. The van der Waals surface area contributed by atoms with E-state index in [4.69, 9.17) is 4.42 Å². The van der Waals surface area contributed by atoms with Gasteiger partial charge in [-0.05, 0) is 22.0 Å². The van der Waals surface area contributed by atoms with Crippen molar-refractivity contribution in [3.63, 3.8) is 0 Å². The van der Waals surface area contributed by atoms with Crippen LogP contribution in [-0.4, -0.2) is 17.0 Å². The van der Waals surface area contributed by atoms with Gasteiger partial charge in [0.15, 0.2) is 5.76 Å². The van der Waals surface area contributed by atoms with Gasteiger partial charge >= 0.3 is 0 Å². The lowest BCUT2D eigenvalue weighted by molar-refractivity contribution is 0.578. The monoisotopic (exact) mass is 253 g/mol. The highest BCUT2D eigenvalue weighted by Gasteiger charge is 2.08. The van der Waals surface area contributed by atoms with Crippen molar-refractivity contribution in [1.82, 2.24) is 9.97 Å². The van der Waals surface area contributed by atoms with E-state index in [0.29, 0.717) is 5.76 Å². The Bertz CT molecular complexity index is 441. The van der Waals surface area contributed by atoms with Gasteiger partial charge in [0.1, 0.15) is 17.8 Å². The molecule has 0 aliphatic heterocycles. The summed E-state index contributed by atoms with van der Waals surface area (Å²) in [7, 11) is 1.81. The van der Waals surface area contributed by atoms with Gasteiger partial charge in [-0.15, -0.1) is 0 Å². The molecule has 0 aliphatic carbocycles. The topological polar surface area (TPSA) is 51.0 Å². The lowest BCUT2D eigenvalue weighted by Crippen LogP contribution is -1.93. The molecule has 72 valence electrons. The van der Waals surface area contributed by atoms with Crippen molar-refractivity contribution in [1.29, 1.82) is 0 Å². The smallest absolute Gasteiger partial charge is 0.166 e. The van der Waals surface area contributed by atoms with Crippen molar-refractivity contribution >= 4 is 21.7 Å². The van der Waals surface area contributed by atoms with Crippen LogP contribution in [0.2, 0.25) is 0 Å². The molecule has 0 radical (unpaired) electrons. The van der Waals surface area contributed by atoms with Crippen LogP contribution in [0.5, 0.6) is 0 Å². The number of anilines is 1. The van der Waals surface area contributed by atoms with E-state index < -0.39 is 0 Å². The lowest BCUT2D eigenvalue weighted by Gasteiger charge is -2.00. The minimum absolute atomic E-state index is 0.712. The third-order valence-corrected chi connectivity index (χ3v) is 2.40. The quantitative estimate of drug-likeness (QED) is 0.894. The maximum atomic E-state index is 5.28. The van der Waals surface area contributed by atoms with Crippen molar-refractivity contribution in [2.45, 2.75) is 0 Å². The van der Waals surface area contributed by atoms with Gasteiger partial charge in [0.2, 0.25) is 0 Å². The molecule has 5 heteroatoms. The van der Waals surface area contributed by atoms with Crippen LogP contribution in [0.15, 0.2) is 33.6 Å². The number of nitrogens with one attached hydrogen (secondary N) is 1. The van der Waals surface area contributed by atoms with Gasteiger partial charge in [-0.2, -0.15) is 0 Å². The zero-order chi connectivity index (χ0) is 9.97. The fourth-order valence-corrected chi connectivity index (χ4v) is 1.50. The molecule has 0 aliphatic rings. The molecule has 2 aromatic heterocycles. The first-order chi connectivity index (χ1) is 6.81. The second kappa shape index (κ2) is 3.79. The number of halogens is 1. The van der Waals surface area contributed by atoms with Crippen molar-refractivity contribution < 1.29 is 4.42 Å². The Morgan fingerprint density at radius 2 is 2.29 bits per heavy atom. The predicted octanol–water partition coefficient (Wildman–Crippen LogP) is 2.54. The third kappa shape index (κ3) is 1.63. The average Bonchev–Trinajstić information content (AvgIpc) is 2.65. The van der Waals surface area contributed by atoms with Gasteiger partial charge in [0, 0.05) is 13.1 Å². The molecular weight excluding hydrogens is 246 g/mol. The molecule has 0 unspecified atom stereocenters. The first kappa shape index (κ1) is 9.21. The van der Waals surface area contributed by atoms with Crippen LogP contribution in [-0.2, 0) is 0 Å². The molecule has 0 amide bonds. The van der Waals surface area contributed by atoms with E-state index in [2.05, 4.69) is 31.2 Å². The third-order valence-electron chi connectivity index (χ3n) is 1.77. The molecule has 1 N–H and O–H groups in total. The van der Waals surface area contributed by atoms with Crippen molar-refractivity contribution in [3.8, 4) is 11.5 Å². The molecule has 2 aromatic rings. The molecule has 0 fully saturated rings. The van der Waals surface area contributed by atoms with Gasteiger partial charge < -0.3 is 9.73 Å². The molecule has 4 nitrogen and oxygen atoms in total. The van der Waals surface area contributed by atoms with E-state index in [1.165, 1.54) is 6.33 Å². The average molecular weight is 254 g/mol. The number of rotatable bonds is 2. The summed E-state index contributed by atoms with van der Waals surface area (Å²) in [5, 5.41) is 2.94. The first-order valence-corrected chi connectivity index (χ1v) is 4.83. The Morgan fingerprint density at radius 1 is 1.43 bits per heavy atom. The van der Waals surface area contributed by atoms with Crippen molar-refractivity contribution in [2.75, 3.05) is 12.4 Å². The van der Waals surface area contributed by atoms with Crippen LogP contribution >= 0.6 is 15.9 Å². The van der Waals surface area contributed by atoms with Crippen LogP contribution < -0.4 is 5.32 Å². The summed E-state index contributed by atoms with van der Waals surface area (Å²) in [5.41, 5.74) is 0.751. The fourth-order valence-electron chi connectivity index (χ4n) is 1.09. The normalized spacial score (nSPS) is 10.1. The number of hydrogen-bond acceptors (Lipinski definition) is 4. The standard InChI is InChI=1S/C9H8BrN3O/c1-11-8-4-7(12-5-13-8)9-6(10)2-3-14-9/h2-5H,1H3,(H,11,12,13). The summed E-state index contributed by atoms with van der Waals surface area (Å²) >= 11 is 3.37. The molecule has 0 saturated heterocycles. The number of aromatic nitrogens is 2. The first-order valence-electron chi connectivity index (χ1n) is 4.04. The summed E-state index contributed by atoms with van der Waals surface area (Å²) < 4.78 is 6.17. The van der Waals surface area contributed by atoms with Gasteiger partial charge in [-0.25, -0.2) is 9.97 Å². The highest BCUT2D eigenvalue weighted by atomic mass is 79.9. The van der Waals surface area contributed by atoms with Crippen LogP contribution in [0.3, 0.4) is 0 Å². The Morgan fingerprint density at radius 3 is 2.93 bits per heavy atom. The number of nitrogens with zero attached hydrogens (tertiary/aromatic N) is 2. The zero-order valence-electron chi connectivity index (χ0n) is 7.49. The molecule has 0 aromatic carbocycles. The largest absolute Gasteiger partial charge is 0.461 e. The summed E-state index contributed by atoms with van der Waals surface area (Å²) in [6, 6.07) is 3.65. The Hall–Kier alpha value is -1.36. The maximum Gasteiger partial charge on any atom is 0.166 e. The van der Waals surface area contributed by atoms with E-state index in [1.54, 1.807) is 6.26 Å². The molecule has 0 atom stereocenters. The fraction of sp³-hybridized carbons (Fsp3) is 0.111. The van der Waals surface area contributed by atoms with Crippen LogP contribution in [0.25, 0.3) is 11.5 Å². The minimum atomic E-state index is 0.712. The summed E-state index contributed by atoms with van der Waals surface area (Å²) in [6.45, 7) is 0. The Kier molecular flexibility index (Phi) is 2.49. The van der Waals surface area contributed by atoms with E-state index in [1.807, 2.05) is 19.2 Å². The van der Waals surface area contributed by atoms with Crippen molar-refractivity contribution in [3.05, 3.63) is 29.2 Å². The van der Waals surface area contributed by atoms with Gasteiger partial charge in [-0.1, -0.05) is 0 Å². The molecule has 2 heterocycles. The highest BCUT2D eigenvalue weighted by molar-refractivity contribution is 9.10. The Labute approximate surface area is 89.5 Å². The van der Waals surface area contributed by atoms with Crippen LogP contribution in [0.4, 0.5) is 5.82 Å². The lowest BCUT2D eigenvalue weighted by atomic mass is 10.3. The van der Waals surface area contributed by atoms with Gasteiger partial charge in [0.05, 0.1) is 10.7 Å². The predicted molar refractivity (Wildman–Crippen MR) is 57.0 cm³/mol. The molecule has 0 bridgehead atoms. The molecule has 0 saturated carbocycles. The molecular formula is C9H8BrN3O. The minimum Gasteiger partial charge on any atom is -0.461 e. The SMILES string of the molecule is CNc1cc(-c2occc2Br)ncn1. The van der Waals surface area contributed by atoms with Crippen molar-refractivity contribution in [2.24, 2.45) is 0 Å². The van der Waals surface area contributed by atoms with E-state index >= 15 is 0 Å². The summed E-state index contributed by atoms with van der Waals surface area (Å²) in [5.74, 6) is 1.47. The van der Waals surface area contributed by atoms with E-state index in [0.717, 1.165) is 16.0 Å². The second-order valence-corrected chi connectivity index (χ2v) is 3.49. The summed E-state index contributed by atoms with van der Waals surface area (Å²) in [6.07, 6.45) is 3.11. The number of furan rings is 1. The van der Waals surface area contributed by atoms with Gasteiger partial charge in [0.25, 0.3) is 0 Å². The second-order valence-electron chi connectivity index (χ2n) is 2.64. The number of hydrogen-bond donors (Lipinski definition) is 1. The van der Waals surface area contributed by atoms with Gasteiger partial charge in [-0.3, -0.25) is 0 Å². The van der Waals surface area contributed by atoms with Crippen LogP contribution in [0, 0.1) is 0 Å². The maximum absolute atomic E-state index is 5.28. The molecule has 14 heavy (non-hydrogen) atoms. The molecule has 2 rings (SSSR count). The molecule has 0 spiro atoms. The highest BCUT2D eigenvalue weighted by Crippen LogP contribution is 2.28. The van der Waals surface area contributed by atoms with E-state index in [-0.39, 0.29) is 0 Å². The van der Waals surface area contributed by atoms with Crippen LogP contribution in [0.1, 0.15) is 0 Å². The zero-order valence-corrected chi connectivity index (χ0v) is 9.08.